The summed E-state index contributed by atoms with van der Waals surface area (Å²) in [7, 11) is 0. The highest BCUT2D eigenvalue weighted by atomic mass is 35.5. The van der Waals surface area contributed by atoms with Gasteiger partial charge in [-0.05, 0) is 61.0 Å². The van der Waals surface area contributed by atoms with Crippen LogP contribution in [-0.2, 0) is 6.54 Å². The van der Waals surface area contributed by atoms with Crippen LogP contribution < -0.4 is 10.6 Å². The van der Waals surface area contributed by atoms with Gasteiger partial charge in [0.1, 0.15) is 0 Å². The molecule has 0 saturated heterocycles. The van der Waals surface area contributed by atoms with Crippen LogP contribution in [0.4, 0.5) is 5.69 Å². The molecule has 0 spiro atoms. The number of rotatable bonds is 3. The second kappa shape index (κ2) is 7.12. The number of anilines is 1. The molecular formula is C16H16Cl2N2S. The van der Waals surface area contributed by atoms with E-state index in [1.807, 2.05) is 24.3 Å². The maximum absolute atomic E-state index is 5.99. The lowest BCUT2D eigenvalue weighted by atomic mass is 10.1. The van der Waals surface area contributed by atoms with Crippen LogP contribution in [0, 0.1) is 13.8 Å². The maximum atomic E-state index is 5.99. The van der Waals surface area contributed by atoms with E-state index in [1.54, 1.807) is 6.07 Å². The summed E-state index contributed by atoms with van der Waals surface area (Å²) in [5.74, 6) is 0. The van der Waals surface area contributed by atoms with Gasteiger partial charge in [-0.1, -0.05) is 41.4 Å². The lowest BCUT2D eigenvalue weighted by Crippen LogP contribution is -2.28. The molecule has 0 unspecified atom stereocenters. The molecule has 2 nitrogen and oxygen atoms in total. The molecular weight excluding hydrogens is 323 g/mol. The molecule has 2 aromatic rings. The molecule has 0 aromatic heterocycles. The summed E-state index contributed by atoms with van der Waals surface area (Å²) in [5.41, 5.74) is 4.46. The van der Waals surface area contributed by atoms with E-state index in [0.717, 1.165) is 11.3 Å². The van der Waals surface area contributed by atoms with E-state index in [1.165, 1.54) is 11.1 Å². The molecule has 0 aliphatic heterocycles. The summed E-state index contributed by atoms with van der Waals surface area (Å²) in [6, 6.07) is 11.6. The molecule has 0 saturated carbocycles. The summed E-state index contributed by atoms with van der Waals surface area (Å²) < 4.78 is 0. The van der Waals surface area contributed by atoms with Gasteiger partial charge in [0.2, 0.25) is 0 Å². The van der Waals surface area contributed by atoms with Gasteiger partial charge in [0.05, 0.1) is 10.0 Å². The predicted octanol–water partition coefficient (Wildman–Crippen LogP) is 5.10. The molecule has 0 radical (unpaired) electrons. The van der Waals surface area contributed by atoms with Crippen LogP contribution in [0.3, 0.4) is 0 Å². The standard InChI is InChI=1S/C16H16Cl2N2S/c1-10-4-3-5-15(11(10)2)20-16(21)19-9-12-6-7-13(17)14(18)8-12/h3-8H,9H2,1-2H3,(H2,19,20,21). The van der Waals surface area contributed by atoms with Crippen molar-refractivity contribution in [1.29, 1.82) is 0 Å². The van der Waals surface area contributed by atoms with Gasteiger partial charge in [-0.25, -0.2) is 0 Å². The molecule has 0 amide bonds. The average Bonchev–Trinajstić information content (AvgIpc) is 2.45. The van der Waals surface area contributed by atoms with Crippen molar-refractivity contribution in [2.45, 2.75) is 20.4 Å². The number of hydrogen-bond donors (Lipinski definition) is 2. The zero-order chi connectivity index (χ0) is 15.4. The molecule has 2 rings (SSSR count). The van der Waals surface area contributed by atoms with Crippen molar-refractivity contribution >= 4 is 46.2 Å². The van der Waals surface area contributed by atoms with E-state index >= 15 is 0 Å². The van der Waals surface area contributed by atoms with E-state index in [-0.39, 0.29) is 0 Å². The molecule has 2 N–H and O–H groups in total. The third-order valence-electron chi connectivity index (χ3n) is 3.29. The summed E-state index contributed by atoms with van der Waals surface area (Å²) in [4.78, 5) is 0. The Morgan fingerprint density at radius 2 is 1.86 bits per heavy atom. The number of thiocarbonyl (C=S) groups is 1. The van der Waals surface area contributed by atoms with Crippen LogP contribution in [-0.4, -0.2) is 5.11 Å². The second-order valence-electron chi connectivity index (χ2n) is 4.80. The summed E-state index contributed by atoms with van der Waals surface area (Å²) >= 11 is 17.2. The monoisotopic (exact) mass is 338 g/mol. The average molecular weight is 339 g/mol. The minimum Gasteiger partial charge on any atom is -0.358 e. The molecule has 110 valence electrons. The van der Waals surface area contributed by atoms with Crippen LogP contribution in [0.1, 0.15) is 16.7 Å². The maximum Gasteiger partial charge on any atom is 0.171 e. The largest absolute Gasteiger partial charge is 0.358 e. The summed E-state index contributed by atoms with van der Waals surface area (Å²) in [5, 5.41) is 8.04. The topological polar surface area (TPSA) is 24.1 Å². The summed E-state index contributed by atoms with van der Waals surface area (Å²) in [6.45, 7) is 4.74. The highest BCUT2D eigenvalue weighted by Crippen LogP contribution is 2.22. The van der Waals surface area contributed by atoms with E-state index in [2.05, 4.69) is 30.5 Å². The first-order valence-electron chi connectivity index (χ1n) is 6.52. The van der Waals surface area contributed by atoms with Gasteiger partial charge in [0.15, 0.2) is 5.11 Å². The van der Waals surface area contributed by atoms with E-state index in [4.69, 9.17) is 35.4 Å². The number of benzene rings is 2. The zero-order valence-electron chi connectivity index (χ0n) is 11.8. The fraction of sp³-hybridized carbons (Fsp3) is 0.188. The quantitative estimate of drug-likeness (QED) is 0.761. The Kier molecular flexibility index (Phi) is 5.45. The molecule has 5 heteroatoms. The van der Waals surface area contributed by atoms with Gasteiger partial charge < -0.3 is 10.6 Å². The van der Waals surface area contributed by atoms with Gasteiger partial charge in [-0.2, -0.15) is 0 Å². The van der Waals surface area contributed by atoms with Crippen LogP contribution in [0.5, 0.6) is 0 Å². The summed E-state index contributed by atoms with van der Waals surface area (Å²) in [6.07, 6.45) is 0. The zero-order valence-corrected chi connectivity index (χ0v) is 14.2. The van der Waals surface area contributed by atoms with Gasteiger partial charge >= 0.3 is 0 Å². The van der Waals surface area contributed by atoms with Gasteiger partial charge in [0, 0.05) is 12.2 Å². The van der Waals surface area contributed by atoms with Crippen molar-refractivity contribution in [2.24, 2.45) is 0 Å². The Hall–Kier alpha value is -1.29. The third-order valence-corrected chi connectivity index (χ3v) is 4.28. The van der Waals surface area contributed by atoms with Gasteiger partial charge in [-0.3, -0.25) is 0 Å². The van der Waals surface area contributed by atoms with Crippen LogP contribution >= 0.6 is 35.4 Å². The normalized spacial score (nSPS) is 10.3. The minimum absolute atomic E-state index is 0.546. The fourth-order valence-electron chi connectivity index (χ4n) is 1.88. The second-order valence-corrected chi connectivity index (χ2v) is 6.03. The molecule has 0 atom stereocenters. The SMILES string of the molecule is Cc1cccc(NC(=S)NCc2ccc(Cl)c(Cl)c2)c1C. The molecule has 0 fully saturated rings. The minimum atomic E-state index is 0.546. The van der Waals surface area contributed by atoms with Crippen LogP contribution in [0.2, 0.25) is 10.0 Å². The van der Waals surface area contributed by atoms with Crippen molar-refractivity contribution in [2.75, 3.05) is 5.32 Å². The highest BCUT2D eigenvalue weighted by molar-refractivity contribution is 7.80. The van der Waals surface area contributed by atoms with Crippen LogP contribution in [0.15, 0.2) is 36.4 Å². The molecule has 21 heavy (non-hydrogen) atoms. The first-order chi connectivity index (χ1) is 9.97. The Balaban J connectivity index is 1.96. The Labute approximate surface area is 140 Å². The van der Waals surface area contributed by atoms with Crippen molar-refractivity contribution in [3.63, 3.8) is 0 Å². The third kappa shape index (κ3) is 4.34. The molecule has 0 aliphatic carbocycles. The Morgan fingerprint density at radius 1 is 1.10 bits per heavy atom. The number of aryl methyl sites for hydroxylation is 1. The van der Waals surface area contributed by atoms with Crippen molar-refractivity contribution < 1.29 is 0 Å². The molecule has 0 heterocycles. The number of hydrogen-bond acceptors (Lipinski definition) is 1. The smallest absolute Gasteiger partial charge is 0.171 e. The Bertz CT molecular complexity index is 671. The van der Waals surface area contributed by atoms with E-state index in [9.17, 15) is 0 Å². The first kappa shape index (κ1) is 16.1. The fourth-order valence-corrected chi connectivity index (χ4v) is 2.39. The highest BCUT2D eigenvalue weighted by Gasteiger charge is 2.04. The molecule has 0 aliphatic rings. The van der Waals surface area contributed by atoms with Gasteiger partial charge in [-0.15, -0.1) is 0 Å². The Morgan fingerprint density at radius 3 is 2.57 bits per heavy atom. The van der Waals surface area contributed by atoms with Crippen molar-refractivity contribution in [1.82, 2.24) is 5.32 Å². The van der Waals surface area contributed by atoms with E-state index < -0.39 is 0 Å². The lowest BCUT2D eigenvalue weighted by molar-refractivity contribution is 0.925. The molecule has 2 aromatic carbocycles. The van der Waals surface area contributed by atoms with Crippen molar-refractivity contribution in [3.05, 3.63) is 63.1 Å². The van der Waals surface area contributed by atoms with Gasteiger partial charge in [0.25, 0.3) is 0 Å². The van der Waals surface area contributed by atoms with Crippen molar-refractivity contribution in [3.8, 4) is 0 Å². The number of halogens is 2. The molecule has 0 bridgehead atoms. The predicted molar refractivity (Wildman–Crippen MR) is 95.4 cm³/mol. The number of nitrogens with one attached hydrogen (secondary N) is 2. The first-order valence-corrected chi connectivity index (χ1v) is 7.69. The van der Waals surface area contributed by atoms with E-state index in [0.29, 0.717) is 21.7 Å². The lowest BCUT2D eigenvalue weighted by Gasteiger charge is -2.14. The van der Waals surface area contributed by atoms with Crippen LogP contribution in [0.25, 0.3) is 0 Å².